The maximum atomic E-state index is 11.7. The van der Waals surface area contributed by atoms with E-state index < -0.39 is 5.91 Å². The second kappa shape index (κ2) is 8.36. The zero-order chi connectivity index (χ0) is 23.1. The summed E-state index contributed by atoms with van der Waals surface area (Å²) in [4.78, 5) is 29.4. The van der Waals surface area contributed by atoms with E-state index >= 15 is 0 Å². The number of aromatic nitrogens is 3. The predicted octanol–water partition coefficient (Wildman–Crippen LogP) is 2.38. The summed E-state index contributed by atoms with van der Waals surface area (Å²) in [6, 6.07) is 10.8. The molecule has 3 aliphatic rings. The number of nitrogens with one attached hydrogen (secondary N) is 2. The first-order valence-corrected chi connectivity index (χ1v) is 11.5. The highest BCUT2D eigenvalue weighted by molar-refractivity contribution is 5.97. The molecule has 34 heavy (non-hydrogen) atoms. The Morgan fingerprint density at radius 1 is 1.15 bits per heavy atom. The summed E-state index contributed by atoms with van der Waals surface area (Å²) in [6.45, 7) is 3.39. The molecule has 3 aromatic rings. The van der Waals surface area contributed by atoms with Gasteiger partial charge in [0.15, 0.2) is 0 Å². The molecule has 2 aliphatic heterocycles. The van der Waals surface area contributed by atoms with E-state index in [1.807, 2.05) is 24.5 Å². The highest BCUT2D eigenvalue weighted by Crippen LogP contribution is 2.38. The van der Waals surface area contributed by atoms with Crippen LogP contribution in [0.4, 0.5) is 28.8 Å². The van der Waals surface area contributed by atoms with Gasteiger partial charge in [-0.3, -0.25) is 9.78 Å². The summed E-state index contributed by atoms with van der Waals surface area (Å²) in [5.41, 5.74) is 8.88. The van der Waals surface area contributed by atoms with Crippen LogP contribution in [0.3, 0.4) is 0 Å². The topological polar surface area (TPSA) is 122 Å². The van der Waals surface area contributed by atoms with Crippen LogP contribution in [0.15, 0.2) is 48.9 Å². The van der Waals surface area contributed by atoms with Crippen molar-refractivity contribution in [3.63, 3.8) is 0 Å². The van der Waals surface area contributed by atoms with E-state index in [1.54, 1.807) is 0 Å². The molecule has 1 atom stereocenters. The molecule has 174 valence electrons. The van der Waals surface area contributed by atoms with Gasteiger partial charge in [-0.25, -0.2) is 4.98 Å². The number of carbonyl (C=O) groups excluding carboxylic acids is 1. The molecule has 1 amide bonds. The minimum atomic E-state index is -0.546. The average Bonchev–Trinajstić information content (AvgIpc) is 3.68. The molecule has 4 heterocycles. The Morgan fingerprint density at radius 2 is 2.00 bits per heavy atom. The Kier molecular flexibility index (Phi) is 5.05. The van der Waals surface area contributed by atoms with E-state index in [1.165, 1.54) is 11.9 Å². The lowest BCUT2D eigenvalue weighted by Crippen LogP contribution is -2.57. The van der Waals surface area contributed by atoms with Crippen molar-refractivity contribution < 1.29 is 9.53 Å². The van der Waals surface area contributed by atoms with Crippen molar-refractivity contribution in [1.29, 1.82) is 0 Å². The molecule has 1 aromatic carbocycles. The number of hydrogen-bond acceptors (Lipinski definition) is 9. The minimum Gasteiger partial charge on any atom is -0.489 e. The molecule has 2 fully saturated rings. The molecule has 0 radical (unpaired) electrons. The number of primary amides is 1. The normalized spacial score (nSPS) is 19.0. The fraction of sp³-hybridized carbons (Fsp3) is 0.333. The maximum Gasteiger partial charge on any atom is 0.254 e. The number of carbonyl (C=O) groups is 1. The van der Waals surface area contributed by atoms with Crippen LogP contribution in [-0.4, -0.2) is 59.2 Å². The van der Waals surface area contributed by atoms with Gasteiger partial charge in [-0.05, 0) is 37.1 Å². The van der Waals surface area contributed by atoms with Crippen LogP contribution >= 0.6 is 0 Å². The van der Waals surface area contributed by atoms with E-state index in [4.69, 9.17) is 10.5 Å². The van der Waals surface area contributed by atoms with Gasteiger partial charge in [-0.1, -0.05) is 0 Å². The molecular weight excluding hydrogens is 432 g/mol. The zero-order valence-electron chi connectivity index (χ0n) is 18.6. The van der Waals surface area contributed by atoms with Crippen molar-refractivity contribution in [2.24, 2.45) is 5.73 Å². The van der Waals surface area contributed by atoms with Gasteiger partial charge >= 0.3 is 0 Å². The van der Waals surface area contributed by atoms with E-state index in [0.29, 0.717) is 30.0 Å². The second-order valence-electron chi connectivity index (χ2n) is 8.86. The van der Waals surface area contributed by atoms with Crippen LogP contribution in [0.1, 0.15) is 23.2 Å². The molecule has 1 saturated heterocycles. The third-order valence-corrected chi connectivity index (χ3v) is 6.44. The minimum absolute atomic E-state index is 0.286. The molecule has 1 unspecified atom stereocenters. The zero-order valence-corrected chi connectivity index (χ0v) is 18.6. The number of ether oxygens (including phenoxy) is 1. The highest BCUT2D eigenvalue weighted by Gasteiger charge is 2.33. The van der Waals surface area contributed by atoms with Crippen LogP contribution in [0, 0.1) is 0 Å². The molecule has 1 saturated carbocycles. The Bertz CT molecular complexity index is 1220. The fourth-order valence-electron chi connectivity index (χ4n) is 4.52. The third kappa shape index (κ3) is 4.02. The molecule has 10 heteroatoms. The number of hydrogen-bond donors (Lipinski definition) is 3. The summed E-state index contributed by atoms with van der Waals surface area (Å²) in [6.07, 6.45) is 7.25. The van der Waals surface area contributed by atoms with Crippen molar-refractivity contribution in [3.8, 4) is 5.75 Å². The van der Waals surface area contributed by atoms with Crippen LogP contribution in [0.2, 0.25) is 0 Å². The number of fused-ring (bicyclic) bond motifs is 3. The van der Waals surface area contributed by atoms with Gasteiger partial charge in [-0.2, -0.15) is 4.98 Å². The van der Waals surface area contributed by atoms with Gasteiger partial charge < -0.3 is 30.9 Å². The van der Waals surface area contributed by atoms with E-state index in [2.05, 4.69) is 53.6 Å². The molecule has 2 aromatic heterocycles. The monoisotopic (exact) mass is 458 g/mol. The summed E-state index contributed by atoms with van der Waals surface area (Å²) >= 11 is 0. The SMILES string of the molecule is NC(=O)c1cnc(Nc2ccc3c(c2)OCC2CN(c4ccncc4)CCN32)nc1NC1CC1. The Balaban J connectivity index is 1.18. The van der Waals surface area contributed by atoms with Crippen molar-refractivity contribution >= 4 is 34.7 Å². The quantitative estimate of drug-likeness (QED) is 0.511. The average molecular weight is 459 g/mol. The molecule has 6 rings (SSSR count). The summed E-state index contributed by atoms with van der Waals surface area (Å²) in [7, 11) is 0. The van der Waals surface area contributed by atoms with Crippen LogP contribution in [0.25, 0.3) is 0 Å². The second-order valence-corrected chi connectivity index (χ2v) is 8.86. The standard InChI is InChI=1S/C24H26N8O2/c25-22(33)19-12-27-24(30-23(19)28-15-1-2-15)29-16-3-4-20-21(11-16)34-14-18-13-31(9-10-32(18)20)17-5-7-26-8-6-17/h3-8,11-12,15,18H,1-2,9-10,13-14H2,(H2,25,33)(H2,27,28,29,30). The Morgan fingerprint density at radius 3 is 2.79 bits per heavy atom. The summed E-state index contributed by atoms with van der Waals surface area (Å²) in [5.74, 6) is 1.16. The molecular formula is C24H26N8O2. The van der Waals surface area contributed by atoms with Gasteiger partial charge in [0, 0.05) is 61.7 Å². The fourth-order valence-corrected chi connectivity index (χ4v) is 4.52. The third-order valence-electron chi connectivity index (χ3n) is 6.44. The van der Waals surface area contributed by atoms with Crippen LogP contribution in [0.5, 0.6) is 5.75 Å². The van der Waals surface area contributed by atoms with Crippen molar-refractivity contribution in [2.75, 3.05) is 46.7 Å². The van der Waals surface area contributed by atoms with E-state index in [9.17, 15) is 4.79 Å². The molecule has 10 nitrogen and oxygen atoms in total. The number of anilines is 5. The van der Waals surface area contributed by atoms with Crippen LogP contribution in [-0.2, 0) is 0 Å². The first kappa shape index (κ1) is 20.5. The van der Waals surface area contributed by atoms with Gasteiger partial charge in [0.1, 0.15) is 18.2 Å². The first-order chi connectivity index (χ1) is 16.6. The Hall–Kier alpha value is -4.08. The summed E-state index contributed by atoms with van der Waals surface area (Å²) in [5, 5.41) is 6.49. The Labute approximate surface area is 197 Å². The highest BCUT2D eigenvalue weighted by atomic mass is 16.5. The number of nitrogens with two attached hydrogens (primary N) is 1. The van der Waals surface area contributed by atoms with Crippen LogP contribution < -0.4 is 30.9 Å². The first-order valence-electron chi connectivity index (χ1n) is 11.5. The maximum absolute atomic E-state index is 11.7. The number of benzene rings is 1. The molecule has 1 aliphatic carbocycles. The predicted molar refractivity (Wildman–Crippen MR) is 130 cm³/mol. The molecule has 4 N–H and O–H groups in total. The number of pyridine rings is 1. The lowest BCUT2D eigenvalue weighted by molar-refractivity contribution is 0.100. The largest absolute Gasteiger partial charge is 0.489 e. The van der Waals surface area contributed by atoms with Crippen molar-refractivity contribution in [2.45, 2.75) is 24.9 Å². The number of amides is 1. The number of rotatable bonds is 6. The van der Waals surface area contributed by atoms with Crippen molar-refractivity contribution in [3.05, 3.63) is 54.5 Å². The van der Waals surface area contributed by atoms with E-state index in [-0.39, 0.29) is 6.04 Å². The van der Waals surface area contributed by atoms with Gasteiger partial charge in [-0.15, -0.1) is 0 Å². The summed E-state index contributed by atoms with van der Waals surface area (Å²) < 4.78 is 6.16. The number of piperazine rings is 1. The van der Waals surface area contributed by atoms with E-state index in [0.717, 1.165) is 49.6 Å². The number of nitrogens with zero attached hydrogens (tertiary/aromatic N) is 5. The van der Waals surface area contributed by atoms with Crippen molar-refractivity contribution in [1.82, 2.24) is 15.0 Å². The lowest BCUT2D eigenvalue weighted by atomic mass is 10.1. The van der Waals surface area contributed by atoms with Gasteiger partial charge in [0.25, 0.3) is 5.91 Å². The van der Waals surface area contributed by atoms with Gasteiger partial charge in [0.2, 0.25) is 5.95 Å². The smallest absolute Gasteiger partial charge is 0.254 e. The molecule has 0 spiro atoms. The lowest BCUT2D eigenvalue weighted by Gasteiger charge is -2.46. The molecule has 0 bridgehead atoms. The van der Waals surface area contributed by atoms with Gasteiger partial charge in [0.05, 0.1) is 17.3 Å².